The number of hydrogen-bond donors (Lipinski definition) is 4. The topological polar surface area (TPSA) is 134 Å². The van der Waals surface area contributed by atoms with E-state index in [4.69, 9.17) is 10.4 Å². The van der Waals surface area contributed by atoms with Gasteiger partial charge >= 0.3 is 0 Å². The van der Waals surface area contributed by atoms with E-state index in [2.05, 4.69) is 15.6 Å². The molecule has 0 unspecified atom stereocenters. The van der Waals surface area contributed by atoms with E-state index < -0.39 is 0 Å². The minimum atomic E-state index is -0.366. The molecule has 3 heterocycles. The summed E-state index contributed by atoms with van der Waals surface area (Å²) in [4.78, 5) is 49.9. The van der Waals surface area contributed by atoms with Gasteiger partial charge < -0.3 is 30.8 Å². The molecule has 0 spiro atoms. The summed E-state index contributed by atoms with van der Waals surface area (Å²) in [5.41, 5.74) is 3.38. The van der Waals surface area contributed by atoms with Gasteiger partial charge in [0.1, 0.15) is 5.82 Å². The largest absolute Gasteiger partial charge is 0.367 e. The van der Waals surface area contributed by atoms with E-state index >= 15 is 0 Å². The summed E-state index contributed by atoms with van der Waals surface area (Å²) in [6.07, 6.45) is 3.15. The van der Waals surface area contributed by atoms with Crippen LogP contribution < -0.4 is 16.2 Å². The van der Waals surface area contributed by atoms with Crippen LogP contribution in [0.1, 0.15) is 77.5 Å². The average Bonchev–Trinajstić information content (AvgIpc) is 2.85. The Labute approximate surface area is 224 Å². The molecule has 206 valence electrons. The van der Waals surface area contributed by atoms with Crippen LogP contribution in [0.5, 0.6) is 0 Å². The van der Waals surface area contributed by atoms with Crippen molar-refractivity contribution in [1.29, 1.82) is 5.41 Å². The number of nitrogens with zero attached hydrogens (tertiary/aromatic N) is 3. The highest BCUT2D eigenvalue weighted by molar-refractivity contribution is 6.04. The molecule has 0 aliphatic carbocycles. The Hall–Kier alpha value is -3.53. The predicted octanol–water partition coefficient (Wildman–Crippen LogP) is 2.79. The van der Waals surface area contributed by atoms with E-state index in [0.29, 0.717) is 42.0 Å². The Balaban J connectivity index is 1.84. The van der Waals surface area contributed by atoms with Gasteiger partial charge in [-0.1, -0.05) is 0 Å². The molecule has 2 amide bonds. The third-order valence-corrected chi connectivity index (χ3v) is 6.85. The number of aryl methyl sites for hydroxylation is 2. The molecule has 0 saturated carbocycles. The van der Waals surface area contributed by atoms with Gasteiger partial charge in [0, 0.05) is 73.3 Å². The molecule has 1 fully saturated rings. The van der Waals surface area contributed by atoms with Crippen LogP contribution in [-0.4, -0.2) is 77.6 Å². The lowest BCUT2D eigenvalue weighted by Crippen LogP contribution is -2.39. The zero-order valence-electron chi connectivity index (χ0n) is 23.4. The van der Waals surface area contributed by atoms with Crippen molar-refractivity contribution < 1.29 is 9.59 Å². The first kappa shape index (κ1) is 29.0. The number of piperidine rings is 1. The summed E-state index contributed by atoms with van der Waals surface area (Å²) >= 11 is 0. The normalized spacial score (nSPS) is 14.2. The molecule has 1 aliphatic rings. The molecular formula is C28H41N7O3. The summed E-state index contributed by atoms with van der Waals surface area (Å²) in [5, 5.41) is 14.2. The number of anilines is 1. The van der Waals surface area contributed by atoms with Crippen LogP contribution in [0, 0.1) is 19.3 Å². The molecule has 1 aliphatic heterocycles. The van der Waals surface area contributed by atoms with Gasteiger partial charge in [0.25, 0.3) is 11.5 Å². The van der Waals surface area contributed by atoms with Gasteiger partial charge in [0.2, 0.25) is 5.91 Å². The second kappa shape index (κ2) is 12.8. The van der Waals surface area contributed by atoms with Gasteiger partial charge in [-0.15, -0.1) is 0 Å². The fourth-order valence-corrected chi connectivity index (χ4v) is 4.77. The molecular weight excluding hydrogens is 482 g/mol. The lowest BCUT2D eigenvalue weighted by molar-refractivity contribution is -0.132. The third kappa shape index (κ3) is 7.28. The van der Waals surface area contributed by atoms with E-state index in [1.165, 1.54) is 0 Å². The summed E-state index contributed by atoms with van der Waals surface area (Å²) < 4.78 is 0. The van der Waals surface area contributed by atoms with Crippen molar-refractivity contribution in [2.75, 3.05) is 39.0 Å². The molecule has 2 aromatic heterocycles. The molecule has 0 aromatic carbocycles. The number of aromatic amines is 1. The summed E-state index contributed by atoms with van der Waals surface area (Å²) in [5.74, 6) is 0.378. The van der Waals surface area contributed by atoms with Gasteiger partial charge in [-0.3, -0.25) is 14.4 Å². The first-order valence-electron chi connectivity index (χ1n) is 13.2. The Kier molecular flexibility index (Phi) is 9.79. The Morgan fingerprint density at radius 2 is 1.92 bits per heavy atom. The van der Waals surface area contributed by atoms with E-state index in [9.17, 15) is 14.4 Å². The van der Waals surface area contributed by atoms with Crippen LogP contribution in [0.25, 0.3) is 0 Å². The molecule has 0 atom stereocenters. The van der Waals surface area contributed by atoms with Gasteiger partial charge in [-0.05, 0) is 72.3 Å². The monoisotopic (exact) mass is 523 g/mol. The first-order valence-corrected chi connectivity index (χ1v) is 13.2. The van der Waals surface area contributed by atoms with Crippen molar-refractivity contribution in [2.45, 2.75) is 65.5 Å². The Bertz CT molecular complexity index is 1230. The Morgan fingerprint density at radius 1 is 1.24 bits per heavy atom. The number of carbonyl (C=O) groups excluding carboxylic acids is 2. The molecule has 0 radical (unpaired) electrons. The highest BCUT2D eigenvalue weighted by Crippen LogP contribution is 2.30. The molecule has 3 rings (SSSR count). The lowest BCUT2D eigenvalue weighted by atomic mass is 9.91. The maximum Gasteiger partial charge on any atom is 0.253 e. The van der Waals surface area contributed by atoms with Gasteiger partial charge in [-0.2, -0.15) is 0 Å². The van der Waals surface area contributed by atoms with Crippen LogP contribution in [0.2, 0.25) is 0 Å². The van der Waals surface area contributed by atoms with E-state index in [1.54, 1.807) is 6.07 Å². The SMILES string of the molecule is Cc1cc(C)c(CNC(=O)c2cc(C3CCN(C(=O)CCN(C)C)CC3)nc(NC(C)C)c2C=N)c(=O)[nH]1. The summed E-state index contributed by atoms with van der Waals surface area (Å²) in [6.45, 7) is 9.72. The van der Waals surface area contributed by atoms with Crippen molar-refractivity contribution in [2.24, 2.45) is 0 Å². The molecule has 38 heavy (non-hydrogen) atoms. The number of pyridine rings is 2. The highest BCUT2D eigenvalue weighted by Gasteiger charge is 2.27. The Morgan fingerprint density at radius 3 is 2.50 bits per heavy atom. The van der Waals surface area contributed by atoms with Crippen LogP contribution >= 0.6 is 0 Å². The second-order valence-electron chi connectivity index (χ2n) is 10.6. The van der Waals surface area contributed by atoms with Crippen LogP contribution in [0.15, 0.2) is 16.9 Å². The summed E-state index contributed by atoms with van der Waals surface area (Å²) in [7, 11) is 3.92. The standard InChI is InChI=1S/C28H41N7O3/c1-17(2)31-26-22(15-29)21(27(37)30-16-23-18(3)13-19(4)32-28(23)38)14-24(33-26)20-7-11-35(12-8-20)25(36)9-10-34(5)6/h13-15,17,20,29H,7-12,16H2,1-6H3,(H,30,37)(H,31,33)(H,32,38). The lowest BCUT2D eigenvalue weighted by Gasteiger charge is -2.32. The number of rotatable bonds is 10. The van der Waals surface area contributed by atoms with Crippen LogP contribution in [-0.2, 0) is 11.3 Å². The van der Waals surface area contributed by atoms with Crippen molar-refractivity contribution in [3.8, 4) is 0 Å². The third-order valence-electron chi connectivity index (χ3n) is 6.85. The van der Waals surface area contributed by atoms with E-state index in [-0.39, 0.29) is 35.9 Å². The maximum absolute atomic E-state index is 13.4. The highest BCUT2D eigenvalue weighted by atomic mass is 16.2. The number of likely N-dealkylation sites (tertiary alicyclic amines) is 1. The zero-order valence-corrected chi connectivity index (χ0v) is 23.4. The van der Waals surface area contributed by atoms with Crippen molar-refractivity contribution in [3.05, 3.63) is 56.1 Å². The molecule has 1 saturated heterocycles. The number of hydrogen-bond acceptors (Lipinski definition) is 7. The number of carbonyl (C=O) groups is 2. The quantitative estimate of drug-likeness (QED) is 0.354. The fourth-order valence-electron chi connectivity index (χ4n) is 4.77. The van der Waals surface area contributed by atoms with E-state index in [0.717, 1.165) is 42.6 Å². The number of H-pyrrole nitrogens is 1. The first-order chi connectivity index (χ1) is 18.0. The maximum atomic E-state index is 13.4. The van der Waals surface area contributed by atoms with Crippen molar-refractivity contribution >= 4 is 23.8 Å². The molecule has 10 heteroatoms. The smallest absolute Gasteiger partial charge is 0.253 e. The van der Waals surface area contributed by atoms with Gasteiger partial charge in [0.05, 0.1) is 5.56 Å². The molecule has 2 aromatic rings. The number of nitrogens with one attached hydrogen (secondary N) is 4. The number of aromatic nitrogens is 2. The number of amides is 2. The minimum Gasteiger partial charge on any atom is -0.367 e. The van der Waals surface area contributed by atoms with Gasteiger partial charge in [0.15, 0.2) is 0 Å². The summed E-state index contributed by atoms with van der Waals surface area (Å²) in [6, 6.07) is 3.69. The molecule has 10 nitrogen and oxygen atoms in total. The van der Waals surface area contributed by atoms with Crippen molar-refractivity contribution in [3.63, 3.8) is 0 Å². The second-order valence-corrected chi connectivity index (χ2v) is 10.6. The predicted molar refractivity (Wildman–Crippen MR) is 150 cm³/mol. The zero-order chi connectivity index (χ0) is 28.0. The average molecular weight is 524 g/mol. The fraction of sp³-hybridized carbons (Fsp3) is 0.536. The molecule has 0 bridgehead atoms. The van der Waals surface area contributed by atoms with Crippen LogP contribution in [0.3, 0.4) is 0 Å². The van der Waals surface area contributed by atoms with E-state index in [1.807, 2.05) is 57.7 Å². The van der Waals surface area contributed by atoms with Crippen molar-refractivity contribution in [1.82, 2.24) is 25.1 Å². The minimum absolute atomic E-state index is 0.0530. The van der Waals surface area contributed by atoms with Crippen LogP contribution in [0.4, 0.5) is 5.82 Å². The van der Waals surface area contributed by atoms with Gasteiger partial charge in [-0.25, -0.2) is 4.98 Å². The molecule has 4 N–H and O–H groups in total.